The lowest BCUT2D eigenvalue weighted by Crippen LogP contribution is -2.14. The van der Waals surface area contributed by atoms with Gasteiger partial charge in [-0.15, -0.1) is 0 Å². The molecular weight excluding hydrogens is 438 g/mol. The molecule has 1 saturated heterocycles. The van der Waals surface area contributed by atoms with Crippen LogP contribution in [-0.2, 0) is 29.0 Å². The smallest absolute Gasteiger partial charge is 0.220 e. The first-order valence-electron chi connectivity index (χ1n) is 12.4. The van der Waals surface area contributed by atoms with Crippen molar-refractivity contribution in [1.82, 2.24) is 9.88 Å². The Morgan fingerprint density at radius 1 is 1.11 bits per heavy atom. The highest BCUT2D eigenvalue weighted by Crippen LogP contribution is 2.40. The van der Waals surface area contributed by atoms with Crippen LogP contribution in [0.25, 0.3) is 10.9 Å². The number of likely N-dealkylation sites (tertiary alicyclic amines) is 1. The zero-order chi connectivity index (χ0) is 25.2. The molecule has 0 spiro atoms. The molecule has 2 aliphatic rings. The van der Waals surface area contributed by atoms with E-state index < -0.39 is 0 Å². The molecule has 1 aliphatic carbocycles. The number of para-hydroxylation sites is 1. The number of pyridine rings is 1. The van der Waals surface area contributed by atoms with E-state index in [2.05, 4.69) is 48.1 Å². The van der Waals surface area contributed by atoms with Crippen LogP contribution in [0.5, 0.6) is 5.75 Å². The summed E-state index contributed by atoms with van der Waals surface area (Å²) in [5.41, 5.74) is 9.83. The zero-order valence-corrected chi connectivity index (χ0v) is 20.9. The Labute approximate surface area is 208 Å². The van der Waals surface area contributed by atoms with E-state index in [1.54, 1.807) is 0 Å². The number of amides is 1. The summed E-state index contributed by atoms with van der Waals surface area (Å²) in [6, 6.07) is 18.5. The van der Waals surface area contributed by atoms with Crippen molar-refractivity contribution >= 4 is 23.6 Å². The quantitative estimate of drug-likeness (QED) is 0.541. The third kappa shape index (κ3) is 7.62. The fourth-order valence-electron chi connectivity index (χ4n) is 4.49. The normalized spacial score (nSPS) is 18.7. The van der Waals surface area contributed by atoms with E-state index in [1.165, 1.54) is 31.5 Å². The molecule has 1 aliphatic heterocycles. The molecule has 1 saturated carbocycles. The number of fused-ring (bicyclic) bond motifs is 1. The average molecular weight is 476 g/mol. The lowest BCUT2D eigenvalue weighted by Gasteiger charge is -2.11. The highest BCUT2D eigenvalue weighted by Gasteiger charge is 2.41. The second-order valence-corrected chi connectivity index (χ2v) is 9.30. The van der Waals surface area contributed by atoms with E-state index in [9.17, 15) is 4.79 Å². The predicted molar refractivity (Wildman–Crippen MR) is 140 cm³/mol. The first-order valence-corrected chi connectivity index (χ1v) is 12.4. The molecule has 1 aromatic heterocycles. The number of primary amides is 1. The molecule has 0 radical (unpaired) electrons. The second-order valence-electron chi connectivity index (χ2n) is 9.30. The van der Waals surface area contributed by atoms with Gasteiger partial charge in [0.15, 0.2) is 0 Å². The lowest BCUT2D eigenvalue weighted by molar-refractivity contribution is -0.119. The Morgan fingerprint density at radius 2 is 1.80 bits per heavy atom. The van der Waals surface area contributed by atoms with Crippen molar-refractivity contribution in [2.24, 2.45) is 17.6 Å². The largest absolute Gasteiger partial charge is 0.489 e. The highest BCUT2D eigenvalue weighted by atomic mass is 16.5. The fraction of sp³-hybridized carbons (Fsp3) is 0.414. The van der Waals surface area contributed by atoms with Gasteiger partial charge in [0.05, 0.1) is 5.52 Å². The van der Waals surface area contributed by atoms with Gasteiger partial charge in [0.25, 0.3) is 0 Å². The van der Waals surface area contributed by atoms with Crippen molar-refractivity contribution in [2.45, 2.75) is 45.6 Å². The number of aryl methyl sites for hydroxylation is 1. The van der Waals surface area contributed by atoms with E-state index in [1.807, 2.05) is 37.1 Å². The summed E-state index contributed by atoms with van der Waals surface area (Å²) < 4.78 is 6.03. The predicted octanol–water partition coefficient (Wildman–Crippen LogP) is 4.57. The van der Waals surface area contributed by atoms with Crippen LogP contribution in [0.2, 0.25) is 0 Å². The van der Waals surface area contributed by atoms with Crippen LogP contribution in [0.15, 0.2) is 54.6 Å². The van der Waals surface area contributed by atoms with E-state index in [-0.39, 0.29) is 11.8 Å². The molecular formula is C29H37N3O3. The molecule has 186 valence electrons. The van der Waals surface area contributed by atoms with Crippen molar-refractivity contribution in [3.8, 4) is 5.75 Å². The molecule has 2 aromatic carbocycles. The molecule has 0 bridgehead atoms. The van der Waals surface area contributed by atoms with E-state index in [0.717, 1.165) is 47.2 Å². The van der Waals surface area contributed by atoms with Crippen molar-refractivity contribution in [1.29, 1.82) is 0 Å². The van der Waals surface area contributed by atoms with Gasteiger partial charge >= 0.3 is 0 Å². The van der Waals surface area contributed by atoms with Gasteiger partial charge in [0.2, 0.25) is 5.91 Å². The van der Waals surface area contributed by atoms with Gasteiger partial charge in [0, 0.05) is 22.6 Å². The number of carbonyl (C=O) groups excluding carboxylic acids is 2. The van der Waals surface area contributed by atoms with Gasteiger partial charge < -0.3 is 20.2 Å². The maximum Gasteiger partial charge on any atom is 0.220 e. The number of benzene rings is 2. The van der Waals surface area contributed by atoms with Gasteiger partial charge in [0.1, 0.15) is 19.1 Å². The second kappa shape index (κ2) is 13.0. The third-order valence-corrected chi connectivity index (χ3v) is 6.65. The fourth-order valence-corrected chi connectivity index (χ4v) is 4.49. The van der Waals surface area contributed by atoms with Gasteiger partial charge in [-0.2, -0.15) is 0 Å². The topological polar surface area (TPSA) is 85.5 Å². The number of rotatable bonds is 7. The summed E-state index contributed by atoms with van der Waals surface area (Å²) in [6.07, 6.45) is 5.55. The van der Waals surface area contributed by atoms with Crippen molar-refractivity contribution in [2.75, 3.05) is 20.1 Å². The number of nitrogens with two attached hydrogens (primary N) is 1. The van der Waals surface area contributed by atoms with Crippen LogP contribution in [0.4, 0.5) is 0 Å². The number of hydrogen-bond donors (Lipinski definition) is 1. The minimum absolute atomic E-state index is 0.0636. The molecule has 1 amide bonds. The Balaban J connectivity index is 0.000000369. The van der Waals surface area contributed by atoms with Crippen molar-refractivity contribution in [3.05, 3.63) is 71.4 Å². The standard InChI is InChI=1S/C23H24N2O2.C5H11N.CH2O/c1-2-18-12-17(20-5-3-4-6-22(20)25-18)14-27-19-9-7-15(8-10-19)11-16-13-21(16)23(24)26;1-6-4-2-3-5-6;1-2/h3-10,12,16,21H,2,11,13-14H2,1H3,(H2,24,26);2-5H2,1H3;1H2. The summed E-state index contributed by atoms with van der Waals surface area (Å²) in [5.74, 6) is 1.15. The van der Waals surface area contributed by atoms with Crippen LogP contribution in [-0.4, -0.2) is 42.7 Å². The van der Waals surface area contributed by atoms with Gasteiger partial charge in [-0.3, -0.25) is 9.78 Å². The number of ether oxygens (including phenoxy) is 1. The van der Waals surface area contributed by atoms with Gasteiger partial charge in [-0.1, -0.05) is 37.3 Å². The minimum atomic E-state index is -0.170. The summed E-state index contributed by atoms with van der Waals surface area (Å²) in [6.45, 7) is 7.27. The Morgan fingerprint density at radius 3 is 2.37 bits per heavy atom. The maximum absolute atomic E-state index is 11.2. The van der Waals surface area contributed by atoms with E-state index >= 15 is 0 Å². The maximum atomic E-state index is 11.2. The van der Waals surface area contributed by atoms with Gasteiger partial charge in [-0.25, -0.2) is 0 Å². The van der Waals surface area contributed by atoms with Crippen LogP contribution in [0.1, 0.15) is 43.0 Å². The molecule has 6 nitrogen and oxygen atoms in total. The number of aromatic nitrogens is 1. The number of carbonyl (C=O) groups is 2. The molecule has 3 aromatic rings. The zero-order valence-electron chi connectivity index (χ0n) is 20.9. The van der Waals surface area contributed by atoms with Gasteiger partial charge in [-0.05, 0) is 88.0 Å². The SMILES string of the molecule is C=O.CCc1cc(COc2ccc(CC3CC3C(N)=O)cc2)c2ccccc2n1.CN1CCCC1. The summed E-state index contributed by atoms with van der Waals surface area (Å²) in [7, 11) is 2.17. The molecule has 2 atom stereocenters. The van der Waals surface area contributed by atoms with Crippen LogP contribution >= 0.6 is 0 Å². The molecule has 35 heavy (non-hydrogen) atoms. The van der Waals surface area contributed by atoms with E-state index in [0.29, 0.717) is 12.5 Å². The Bertz CT molecular complexity index is 1090. The molecule has 6 heteroatoms. The molecule has 2 heterocycles. The van der Waals surface area contributed by atoms with Crippen LogP contribution < -0.4 is 10.5 Å². The van der Waals surface area contributed by atoms with Crippen molar-refractivity contribution in [3.63, 3.8) is 0 Å². The summed E-state index contributed by atoms with van der Waals surface area (Å²) in [4.78, 5) is 26.2. The summed E-state index contributed by atoms with van der Waals surface area (Å²) in [5, 5.41) is 1.14. The molecule has 5 rings (SSSR count). The van der Waals surface area contributed by atoms with Crippen LogP contribution in [0, 0.1) is 11.8 Å². The van der Waals surface area contributed by atoms with E-state index in [4.69, 9.17) is 15.3 Å². The monoisotopic (exact) mass is 475 g/mol. The lowest BCUT2D eigenvalue weighted by atomic mass is 10.1. The molecule has 2 unspecified atom stereocenters. The number of hydrogen-bond acceptors (Lipinski definition) is 5. The van der Waals surface area contributed by atoms with Crippen molar-refractivity contribution < 1.29 is 14.3 Å². The summed E-state index contributed by atoms with van der Waals surface area (Å²) >= 11 is 0. The Kier molecular flexibility index (Phi) is 9.79. The third-order valence-electron chi connectivity index (χ3n) is 6.65. The Hall–Kier alpha value is -3.25. The molecule has 2 fully saturated rings. The highest BCUT2D eigenvalue weighted by molar-refractivity contribution is 5.82. The molecule has 2 N–H and O–H groups in total. The first-order chi connectivity index (χ1) is 17.0. The van der Waals surface area contributed by atoms with Crippen LogP contribution in [0.3, 0.4) is 0 Å². The average Bonchev–Trinajstić information content (AvgIpc) is 3.51. The first kappa shape index (κ1) is 26.4. The number of nitrogens with zero attached hydrogens (tertiary/aromatic N) is 2. The minimum Gasteiger partial charge on any atom is -0.489 e.